The van der Waals surface area contributed by atoms with Gasteiger partial charge in [-0.25, -0.2) is 13.1 Å². The van der Waals surface area contributed by atoms with Crippen molar-refractivity contribution in [3.8, 4) is 6.07 Å². The van der Waals surface area contributed by atoms with Gasteiger partial charge in [-0.15, -0.1) is 11.3 Å². The first-order valence-corrected chi connectivity index (χ1v) is 12.5. The molecule has 1 aromatic rings. The van der Waals surface area contributed by atoms with Crippen LogP contribution in [0.5, 0.6) is 0 Å². The number of amides is 1. The molecule has 1 aromatic heterocycles. The molecule has 1 unspecified atom stereocenters. The van der Waals surface area contributed by atoms with Crippen molar-refractivity contribution in [2.75, 3.05) is 31.2 Å². The van der Waals surface area contributed by atoms with Crippen LogP contribution in [0.2, 0.25) is 0 Å². The highest BCUT2D eigenvalue weighted by atomic mass is 32.2. The fourth-order valence-electron chi connectivity index (χ4n) is 3.98. The van der Waals surface area contributed by atoms with Crippen molar-refractivity contribution in [1.29, 1.82) is 5.26 Å². The number of thiophene rings is 1. The lowest BCUT2D eigenvalue weighted by molar-refractivity contribution is -0.116. The van der Waals surface area contributed by atoms with Crippen LogP contribution in [0.25, 0.3) is 0 Å². The Balaban J connectivity index is 1.49. The van der Waals surface area contributed by atoms with Crippen molar-refractivity contribution < 1.29 is 13.2 Å². The number of hydrogen-bond acceptors (Lipinski definition) is 6. The van der Waals surface area contributed by atoms with Gasteiger partial charge in [0, 0.05) is 23.9 Å². The molecule has 1 saturated heterocycles. The molecule has 2 N–H and O–H groups in total. The van der Waals surface area contributed by atoms with Gasteiger partial charge in [0.1, 0.15) is 11.1 Å². The number of carbonyl (C=O) groups is 1. The van der Waals surface area contributed by atoms with Crippen LogP contribution in [0.3, 0.4) is 0 Å². The molecule has 0 aromatic carbocycles. The summed E-state index contributed by atoms with van der Waals surface area (Å²) in [5.41, 5.74) is 1.77. The zero-order chi connectivity index (χ0) is 20.3. The molecule has 154 valence electrons. The van der Waals surface area contributed by atoms with Gasteiger partial charge in [0.2, 0.25) is 15.9 Å². The van der Waals surface area contributed by atoms with Gasteiger partial charge in [-0.05, 0) is 56.7 Å². The molecule has 0 spiro atoms. The van der Waals surface area contributed by atoms with E-state index in [1.807, 2.05) is 0 Å². The second-order valence-corrected chi connectivity index (χ2v) is 10.9. The molecule has 0 radical (unpaired) electrons. The smallest absolute Gasteiger partial charge is 0.226 e. The van der Waals surface area contributed by atoms with Crippen molar-refractivity contribution >= 4 is 32.3 Å². The Morgan fingerprint density at radius 1 is 1.32 bits per heavy atom. The highest BCUT2D eigenvalue weighted by Gasteiger charge is 2.25. The summed E-state index contributed by atoms with van der Waals surface area (Å²) in [4.78, 5) is 15.8. The van der Waals surface area contributed by atoms with Gasteiger partial charge in [-0.2, -0.15) is 5.26 Å². The molecule has 2 heterocycles. The van der Waals surface area contributed by atoms with Gasteiger partial charge in [-0.3, -0.25) is 4.79 Å². The summed E-state index contributed by atoms with van der Waals surface area (Å²) in [6, 6.07) is 2.27. The molecule has 1 aliphatic heterocycles. The van der Waals surface area contributed by atoms with Crippen molar-refractivity contribution in [1.82, 2.24) is 9.62 Å². The second-order valence-electron chi connectivity index (χ2n) is 7.97. The summed E-state index contributed by atoms with van der Waals surface area (Å²) >= 11 is 1.55. The Morgan fingerprint density at radius 3 is 2.68 bits per heavy atom. The lowest BCUT2D eigenvalue weighted by Gasteiger charge is -2.31. The quantitative estimate of drug-likeness (QED) is 0.728. The van der Waals surface area contributed by atoms with Crippen LogP contribution in [-0.2, 0) is 27.7 Å². The average Bonchev–Trinajstić information content (AvgIpc) is 2.95. The van der Waals surface area contributed by atoms with Gasteiger partial charge >= 0.3 is 0 Å². The maximum Gasteiger partial charge on any atom is 0.226 e. The molecule has 2 aliphatic rings. The van der Waals surface area contributed by atoms with Crippen molar-refractivity contribution in [3.05, 3.63) is 16.0 Å². The highest BCUT2D eigenvalue weighted by Crippen LogP contribution is 2.39. The summed E-state index contributed by atoms with van der Waals surface area (Å²) in [6.45, 7) is 4.41. The van der Waals surface area contributed by atoms with E-state index in [0.717, 1.165) is 50.8 Å². The van der Waals surface area contributed by atoms with Crippen LogP contribution < -0.4 is 10.0 Å². The number of hydrogen-bond donors (Lipinski definition) is 2. The number of fused-ring (bicyclic) bond motifs is 1. The van der Waals surface area contributed by atoms with Crippen LogP contribution >= 0.6 is 11.3 Å². The topological polar surface area (TPSA) is 102 Å². The number of carbonyl (C=O) groups excluding carboxylic acids is 1. The van der Waals surface area contributed by atoms with Gasteiger partial charge in [-0.1, -0.05) is 6.92 Å². The number of nitrogens with zero attached hydrogens (tertiary/aromatic N) is 2. The SMILES string of the molecule is CC1CCc2c(sc(NC(=O)CCN3CCC(NS(C)(=O)=O)CC3)c2C#N)C1. The third kappa shape index (κ3) is 5.54. The van der Waals surface area contributed by atoms with Crippen molar-refractivity contribution in [2.24, 2.45) is 5.92 Å². The van der Waals surface area contributed by atoms with Gasteiger partial charge in [0.15, 0.2) is 0 Å². The van der Waals surface area contributed by atoms with Crippen LogP contribution in [-0.4, -0.2) is 51.2 Å². The molecule has 0 bridgehead atoms. The molecular weight excluding hydrogens is 396 g/mol. The minimum Gasteiger partial charge on any atom is -0.317 e. The fraction of sp³-hybridized carbons (Fsp3) is 0.684. The number of likely N-dealkylation sites (tertiary alicyclic amines) is 1. The third-order valence-electron chi connectivity index (χ3n) is 5.50. The highest BCUT2D eigenvalue weighted by molar-refractivity contribution is 7.88. The predicted molar refractivity (Wildman–Crippen MR) is 111 cm³/mol. The molecule has 1 fully saturated rings. The van der Waals surface area contributed by atoms with Crippen LogP contribution in [0.1, 0.15) is 48.6 Å². The van der Waals surface area contributed by atoms with E-state index in [1.165, 1.54) is 11.1 Å². The first kappa shape index (κ1) is 21.2. The standard InChI is InChI=1S/C19H28N4O3S2/c1-13-3-4-15-16(12-20)19(27-17(15)11-13)21-18(24)7-10-23-8-5-14(6-9-23)22-28(2,25)26/h13-14,22H,3-11H2,1-2H3,(H,21,24). The molecule has 3 rings (SSSR count). The van der Waals surface area contributed by atoms with E-state index in [4.69, 9.17) is 0 Å². The molecule has 7 nitrogen and oxygen atoms in total. The lowest BCUT2D eigenvalue weighted by atomic mass is 9.89. The average molecular weight is 425 g/mol. The molecule has 1 aliphatic carbocycles. The lowest BCUT2D eigenvalue weighted by Crippen LogP contribution is -2.44. The minimum atomic E-state index is -3.17. The van der Waals surface area contributed by atoms with Gasteiger partial charge in [0.05, 0.1) is 11.8 Å². The first-order chi connectivity index (χ1) is 13.2. The monoisotopic (exact) mass is 424 g/mol. The van der Waals surface area contributed by atoms with E-state index in [1.54, 1.807) is 11.3 Å². The number of sulfonamides is 1. The van der Waals surface area contributed by atoms with Crippen LogP contribution in [0.15, 0.2) is 0 Å². The van der Waals surface area contributed by atoms with E-state index >= 15 is 0 Å². The van der Waals surface area contributed by atoms with E-state index in [0.29, 0.717) is 29.4 Å². The Kier molecular flexibility index (Phi) is 6.76. The van der Waals surface area contributed by atoms with Crippen LogP contribution in [0.4, 0.5) is 5.00 Å². The zero-order valence-electron chi connectivity index (χ0n) is 16.5. The molecule has 1 amide bonds. The zero-order valence-corrected chi connectivity index (χ0v) is 18.1. The summed E-state index contributed by atoms with van der Waals surface area (Å²) in [5, 5.41) is 13.2. The molecular formula is C19H28N4O3S2. The molecule has 9 heteroatoms. The molecule has 0 saturated carbocycles. The van der Waals surface area contributed by atoms with E-state index in [9.17, 15) is 18.5 Å². The Morgan fingerprint density at radius 2 is 2.04 bits per heavy atom. The summed E-state index contributed by atoms with van der Waals surface area (Å²) in [5.74, 6) is 0.556. The number of rotatable bonds is 6. The van der Waals surface area contributed by atoms with E-state index < -0.39 is 10.0 Å². The Labute approximate surface area is 171 Å². The van der Waals surface area contributed by atoms with E-state index in [2.05, 4.69) is 27.9 Å². The fourth-order valence-corrected chi connectivity index (χ4v) is 6.20. The summed E-state index contributed by atoms with van der Waals surface area (Å²) in [7, 11) is -3.17. The number of nitriles is 1. The Bertz CT molecular complexity index is 864. The predicted octanol–water partition coefficient (Wildman–Crippen LogP) is 2.09. The second kappa shape index (κ2) is 8.91. The maximum atomic E-state index is 12.4. The van der Waals surface area contributed by atoms with Gasteiger partial charge < -0.3 is 10.2 Å². The molecule has 28 heavy (non-hydrogen) atoms. The van der Waals surface area contributed by atoms with E-state index in [-0.39, 0.29) is 11.9 Å². The number of piperidine rings is 1. The largest absolute Gasteiger partial charge is 0.317 e. The Hall–Kier alpha value is -1.47. The minimum absolute atomic E-state index is 0.0157. The van der Waals surface area contributed by atoms with Crippen molar-refractivity contribution in [3.63, 3.8) is 0 Å². The summed E-state index contributed by atoms with van der Waals surface area (Å²) < 4.78 is 25.3. The third-order valence-corrected chi connectivity index (χ3v) is 7.43. The first-order valence-electron chi connectivity index (χ1n) is 9.79. The maximum absolute atomic E-state index is 12.4. The van der Waals surface area contributed by atoms with Crippen LogP contribution in [0, 0.1) is 17.2 Å². The summed E-state index contributed by atoms with van der Waals surface area (Å²) in [6.07, 6.45) is 6.06. The number of nitrogens with one attached hydrogen (secondary N) is 2. The normalized spacial score (nSPS) is 21.1. The number of anilines is 1. The van der Waals surface area contributed by atoms with Crippen molar-refractivity contribution in [2.45, 2.75) is 51.5 Å². The van der Waals surface area contributed by atoms with Gasteiger partial charge in [0.25, 0.3) is 0 Å². The molecule has 1 atom stereocenters.